The number of rotatable bonds is 4. The number of ether oxygens (including phenoxy) is 2. The van der Waals surface area contributed by atoms with Crippen LogP contribution < -0.4 is 9.47 Å². The summed E-state index contributed by atoms with van der Waals surface area (Å²) in [5.41, 5.74) is 1.02. The summed E-state index contributed by atoms with van der Waals surface area (Å²) < 4.78 is 26.1. The Morgan fingerprint density at radius 1 is 1.00 bits per heavy atom. The van der Waals surface area contributed by atoms with Gasteiger partial charge in [0.1, 0.15) is 17.3 Å². The number of benzene rings is 2. The third-order valence-electron chi connectivity index (χ3n) is 3.01. The highest BCUT2D eigenvalue weighted by Crippen LogP contribution is 2.41. The Balaban J connectivity index is 2.53. The van der Waals surface area contributed by atoms with Crippen molar-refractivity contribution in [1.82, 2.24) is 0 Å². The Kier molecular flexibility index (Phi) is 5.52. The first-order valence-corrected chi connectivity index (χ1v) is 8.00. The van der Waals surface area contributed by atoms with E-state index in [2.05, 4.69) is 31.9 Å². The van der Waals surface area contributed by atoms with E-state index in [9.17, 15) is 4.39 Å². The third kappa shape index (κ3) is 3.52. The first kappa shape index (κ1) is 16.6. The van der Waals surface area contributed by atoms with Crippen LogP contribution in [0.25, 0.3) is 0 Å². The Hall–Kier alpha value is -0.780. The molecule has 0 aliphatic rings. The van der Waals surface area contributed by atoms with Crippen molar-refractivity contribution < 1.29 is 13.9 Å². The topological polar surface area (TPSA) is 18.5 Å². The molecule has 0 aliphatic heterocycles. The molecule has 0 amide bonds. The van der Waals surface area contributed by atoms with E-state index in [1.807, 2.05) is 0 Å². The third-order valence-corrected chi connectivity index (χ3v) is 4.60. The van der Waals surface area contributed by atoms with Gasteiger partial charge in [-0.05, 0) is 40.2 Å². The average Bonchev–Trinajstić information content (AvgIpc) is 2.46. The molecule has 0 radical (unpaired) electrons. The molecule has 21 heavy (non-hydrogen) atoms. The lowest BCUT2D eigenvalue weighted by atomic mass is 10.0. The van der Waals surface area contributed by atoms with E-state index in [0.717, 1.165) is 4.47 Å². The summed E-state index contributed by atoms with van der Waals surface area (Å²) >= 11 is 13.1. The van der Waals surface area contributed by atoms with Gasteiger partial charge in [-0.15, -0.1) is 11.6 Å². The zero-order chi connectivity index (χ0) is 15.6. The van der Waals surface area contributed by atoms with E-state index in [4.69, 9.17) is 21.1 Å². The lowest BCUT2D eigenvalue weighted by molar-refractivity contribution is 0.397. The number of alkyl halides is 1. The van der Waals surface area contributed by atoms with Crippen LogP contribution in [0.4, 0.5) is 4.39 Å². The van der Waals surface area contributed by atoms with Crippen LogP contribution in [0.5, 0.6) is 11.5 Å². The highest BCUT2D eigenvalue weighted by atomic mass is 79.9. The zero-order valence-electron chi connectivity index (χ0n) is 11.3. The van der Waals surface area contributed by atoms with Crippen molar-refractivity contribution in [2.45, 2.75) is 5.38 Å². The Bertz CT molecular complexity index is 664. The second-order valence-electron chi connectivity index (χ2n) is 4.26. The summed E-state index contributed by atoms with van der Waals surface area (Å²) in [5, 5.41) is -0.685. The minimum Gasteiger partial charge on any atom is -0.496 e. The van der Waals surface area contributed by atoms with E-state index in [1.165, 1.54) is 6.07 Å². The van der Waals surface area contributed by atoms with Crippen molar-refractivity contribution in [3.63, 3.8) is 0 Å². The van der Waals surface area contributed by atoms with Gasteiger partial charge in [-0.25, -0.2) is 4.39 Å². The SMILES string of the molecule is COc1cc(C(Cl)c2ccc(Br)cc2F)c(OC)cc1Br. The van der Waals surface area contributed by atoms with Crippen LogP contribution in [0.15, 0.2) is 39.3 Å². The molecule has 2 aromatic carbocycles. The summed E-state index contributed by atoms with van der Waals surface area (Å²) in [4.78, 5) is 0. The van der Waals surface area contributed by atoms with Crippen molar-refractivity contribution in [1.29, 1.82) is 0 Å². The van der Waals surface area contributed by atoms with Crippen LogP contribution in [0, 0.1) is 5.82 Å². The lowest BCUT2D eigenvalue weighted by Gasteiger charge is -2.17. The van der Waals surface area contributed by atoms with Gasteiger partial charge in [0.2, 0.25) is 0 Å². The largest absolute Gasteiger partial charge is 0.496 e. The number of hydrogen-bond donors (Lipinski definition) is 0. The lowest BCUT2D eigenvalue weighted by Crippen LogP contribution is -2.01. The van der Waals surface area contributed by atoms with Gasteiger partial charge in [0, 0.05) is 15.6 Å². The first-order valence-electron chi connectivity index (χ1n) is 5.98. The number of halogens is 4. The van der Waals surface area contributed by atoms with Crippen LogP contribution in [0.3, 0.4) is 0 Å². The summed E-state index contributed by atoms with van der Waals surface area (Å²) in [5.74, 6) is 0.785. The fourth-order valence-corrected chi connectivity index (χ4v) is 3.12. The highest BCUT2D eigenvalue weighted by molar-refractivity contribution is 9.10. The van der Waals surface area contributed by atoms with E-state index in [0.29, 0.717) is 27.1 Å². The monoisotopic (exact) mass is 436 g/mol. The second kappa shape index (κ2) is 6.99. The molecule has 2 nitrogen and oxygen atoms in total. The van der Waals surface area contributed by atoms with Crippen LogP contribution in [-0.4, -0.2) is 14.2 Å². The van der Waals surface area contributed by atoms with E-state index >= 15 is 0 Å². The van der Waals surface area contributed by atoms with Gasteiger partial charge in [-0.2, -0.15) is 0 Å². The molecule has 0 aromatic heterocycles. The zero-order valence-corrected chi connectivity index (χ0v) is 15.2. The quantitative estimate of drug-likeness (QED) is 0.571. The molecule has 1 atom stereocenters. The van der Waals surface area contributed by atoms with Gasteiger partial charge >= 0.3 is 0 Å². The number of hydrogen-bond acceptors (Lipinski definition) is 2. The molecule has 0 heterocycles. The molecule has 0 N–H and O–H groups in total. The van der Waals surface area contributed by atoms with Gasteiger partial charge in [0.25, 0.3) is 0 Å². The summed E-state index contributed by atoms with van der Waals surface area (Å²) in [7, 11) is 3.10. The highest BCUT2D eigenvalue weighted by Gasteiger charge is 2.21. The molecule has 2 rings (SSSR count). The van der Waals surface area contributed by atoms with Crippen LogP contribution in [0.1, 0.15) is 16.5 Å². The molecule has 0 fully saturated rings. The number of methoxy groups -OCH3 is 2. The minimum absolute atomic E-state index is 0.377. The molecule has 1 unspecified atom stereocenters. The smallest absolute Gasteiger partial charge is 0.133 e. The molecule has 0 aliphatic carbocycles. The van der Waals surface area contributed by atoms with Crippen molar-refractivity contribution in [3.8, 4) is 11.5 Å². The van der Waals surface area contributed by atoms with Crippen LogP contribution in [-0.2, 0) is 0 Å². The van der Waals surface area contributed by atoms with Crippen molar-refractivity contribution >= 4 is 43.5 Å². The van der Waals surface area contributed by atoms with Crippen molar-refractivity contribution in [2.75, 3.05) is 14.2 Å². The van der Waals surface area contributed by atoms with E-state index in [1.54, 1.807) is 38.5 Å². The Morgan fingerprint density at radius 2 is 1.67 bits per heavy atom. The fraction of sp³-hybridized carbons (Fsp3) is 0.200. The van der Waals surface area contributed by atoms with Gasteiger partial charge in [-0.1, -0.05) is 22.0 Å². The molecule has 2 aromatic rings. The summed E-state index contributed by atoms with van der Waals surface area (Å²) in [6.45, 7) is 0. The van der Waals surface area contributed by atoms with Crippen molar-refractivity contribution in [2.24, 2.45) is 0 Å². The molecule has 6 heteroatoms. The summed E-state index contributed by atoms with van der Waals surface area (Å²) in [6, 6.07) is 8.26. The van der Waals surface area contributed by atoms with Gasteiger partial charge < -0.3 is 9.47 Å². The molecular weight excluding hydrogens is 426 g/mol. The normalized spacial score (nSPS) is 12.1. The second-order valence-corrected chi connectivity index (χ2v) is 6.46. The maximum absolute atomic E-state index is 14.1. The first-order chi connectivity index (χ1) is 9.97. The van der Waals surface area contributed by atoms with Gasteiger partial charge in [0.05, 0.1) is 24.1 Å². The van der Waals surface area contributed by atoms with E-state index < -0.39 is 5.38 Å². The standard InChI is InChI=1S/C15H12Br2ClFO2/c1-20-13-7-11(17)14(21-2)6-10(13)15(18)9-4-3-8(16)5-12(9)19/h3-7,15H,1-2H3. The summed E-state index contributed by atoms with van der Waals surface area (Å²) in [6.07, 6.45) is 0. The van der Waals surface area contributed by atoms with Gasteiger partial charge in [-0.3, -0.25) is 0 Å². The van der Waals surface area contributed by atoms with E-state index in [-0.39, 0.29) is 5.82 Å². The molecular formula is C15H12Br2ClFO2. The van der Waals surface area contributed by atoms with Crippen molar-refractivity contribution in [3.05, 3.63) is 56.2 Å². The molecule has 0 spiro atoms. The fourth-order valence-electron chi connectivity index (χ4n) is 1.96. The molecule has 0 saturated heterocycles. The minimum atomic E-state index is -0.685. The van der Waals surface area contributed by atoms with Gasteiger partial charge in [0.15, 0.2) is 0 Å². The van der Waals surface area contributed by atoms with Crippen LogP contribution in [0.2, 0.25) is 0 Å². The maximum Gasteiger partial charge on any atom is 0.133 e. The predicted molar refractivity (Wildman–Crippen MR) is 89.0 cm³/mol. The van der Waals surface area contributed by atoms with Crippen LogP contribution >= 0.6 is 43.5 Å². The molecule has 0 bridgehead atoms. The molecule has 112 valence electrons. The Morgan fingerprint density at radius 3 is 2.24 bits per heavy atom. The maximum atomic E-state index is 14.1. The average molecular weight is 439 g/mol. The molecule has 0 saturated carbocycles. The Labute approximate surface area is 144 Å². The predicted octanol–water partition coefficient (Wildman–Crippen LogP) is 5.70.